The molecular weight excluding hydrogens is 247 g/mol. The first-order valence-electron chi connectivity index (χ1n) is 3.36. The molecular formula is C7H12Cl2N2O2S. The highest BCUT2D eigenvalue weighted by Crippen LogP contribution is 2.08. The van der Waals surface area contributed by atoms with E-state index in [2.05, 4.69) is 0 Å². The van der Waals surface area contributed by atoms with Crippen molar-refractivity contribution >= 4 is 34.8 Å². The zero-order valence-electron chi connectivity index (χ0n) is 7.21. The molecule has 1 aromatic carbocycles. The third-order valence-corrected chi connectivity index (χ3v) is 2.37. The largest absolute Gasteiger partial charge is 0.326 e. The number of hydrogen-bond donors (Lipinski definition) is 2. The fraction of sp³-hybridized carbons (Fsp3) is 0.143. The highest BCUT2D eigenvalue weighted by atomic mass is 35.5. The van der Waals surface area contributed by atoms with E-state index < -0.39 is 10.0 Å². The molecule has 7 heteroatoms. The Labute approximate surface area is 95.5 Å². The summed E-state index contributed by atoms with van der Waals surface area (Å²) in [6.07, 6.45) is 0. The first-order chi connectivity index (χ1) is 5.54. The molecule has 0 aliphatic carbocycles. The quantitative estimate of drug-likeness (QED) is 0.817. The highest BCUT2D eigenvalue weighted by molar-refractivity contribution is 7.89. The van der Waals surface area contributed by atoms with Crippen LogP contribution < -0.4 is 10.9 Å². The fourth-order valence-electron chi connectivity index (χ4n) is 0.849. The molecule has 0 heterocycles. The van der Waals surface area contributed by atoms with Crippen LogP contribution in [0, 0.1) is 0 Å². The van der Waals surface area contributed by atoms with Crippen LogP contribution in [0.1, 0.15) is 5.56 Å². The molecule has 1 rings (SSSR count). The van der Waals surface area contributed by atoms with Gasteiger partial charge >= 0.3 is 0 Å². The molecule has 14 heavy (non-hydrogen) atoms. The lowest BCUT2D eigenvalue weighted by molar-refractivity contribution is 0.597. The summed E-state index contributed by atoms with van der Waals surface area (Å²) in [5.41, 5.74) is 6.08. The lowest BCUT2D eigenvalue weighted by Gasteiger charge is -1.99. The molecule has 0 spiro atoms. The van der Waals surface area contributed by atoms with Gasteiger partial charge in [0.05, 0.1) is 4.90 Å². The first-order valence-corrected chi connectivity index (χ1v) is 4.90. The van der Waals surface area contributed by atoms with Gasteiger partial charge in [-0.15, -0.1) is 24.8 Å². The van der Waals surface area contributed by atoms with E-state index in [-0.39, 0.29) is 29.7 Å². The van der Waals surface area contributed by atoms with Crippen molar-refractivity contribution in [3.63, 3.8) is 0 Å². The van der Waals surface area contributed by atoms with Crippen LogP contribution in [-0.4, -0.2) is 8.42 Å². The minimum Gasteiger partial charge on any atom is -0.326 e. The van der Waals surface area contributed by atoms with Gasteiger partial charge in [0.25, 0.3) is 0 Å². The normalized spacial score (nSPS) is 9.86. The molecule has 0 unspecified atom stereocenters. The van der Waals surface area contributed by atoms with E-state index >= 15 is 0 Å². The average molecular weight is 259 g/mol. The standard InChI is InChI=1S/C7H10N2O2S.2ClH/c8-5-6-2-1-3-7(4-6)12(9,10)11;;/h1-4H,5,8H2,(H2,9,10,11);2*1H. The van der Waals surface area contributed by atoms with Crippen LogP contribution in [0.2, 0.25) is 0 Å². The highest BCUT2D eigenvalue weighted by Gasteiger charge is 2.06. The number of rotatable bonds is 2. The summed E-state index contributed by atoms with van der Waals surface area (Å²) >= 11 is 0. The van der Waals surface area contributed by atoms with Crippen molar-refractivity contribution in [2.45, 2.75) is 11.4 Å². The van der Waals surface area contributed by atoms with Crippen LogP contribution in [0.5, 0.6) is 0 Å². The van der Waals surface area contributed by atoms with E-state index in [0.717, 1.165) is 5.56 Å². The molecule has 0 aliphatic heterocycles. The molecule has 0 saturated heterocycles. The lowest BCUT2D eigenvalue weighted by atomic mass is 10.2. The summed E-state index contributed by atoms with van der Waals surface area (Å²) < 4.78 is 21.7. The van der Waals surface area contributed by atoms with Crippen molar-refractivity contribution in [3.8, 4) is 0 Å². The van der Waals surface area contributed by atoms with Crippen molar-refractivity contribution in [3.05, 3.63) is 29.8 Å². The summed E-state index contributed by atoms with van der Waals surface area (Å²) in [5.74, 6) is 0. The third-order valence-electron chi connectivity index (χ3n) is 1.46. The Hall–Kier alpha value is -0.330. The maximum Gasteiger partial charge on any atom is 0.238 e. The Bertz CT molecular complexity index is 381. The number of primary sulfonamides is 1. The van der Waals surface area contributed by atoms with Gasteiger partial charge in [0, 0.05) is 6.54 Å². The van der Waals surface area contributed by atoms with Gasteiger partial charge in [-0.05, 0) is 17.7 Å². The van der Waals surface area contributed by atoms with Crippen LogP contribution in [0.3, 0.4) is 0 Å². The molecule has 0 atom stereocenters. The zero-order valence-corrected chi connectivity index (χ0v) is 9.66. The molecule has 0 amide bonds. The number of sulfonamides is 1. The summed E-state index contributed by atoms with van der Waals surface area (Å²) in [6.45, 7) is 0.309. The Kier molecular flexibility index (Phi) is 7.15. The van der Waals surface area contributed by atoms with Gasteiger partial charge in [-0.2, -0.15) is 0 Å². The molecule has 4 nitrogen and oxygen atoms in total. The smallest absolute Gasteiger partial charge is 0.238 e. The van der Waals surface area contributed by atoms with E-state index in [4.69, 9.17) is 10.9 Å². The molecule has 0 bridgehead atoms. The van der Waals surface area contributed by atoms with E-state index in [1.165, 1.54) is 12.1 Å². The van der Waals surface area contributed by atoms with Gasteiger partial charge in [-0.25, -0.2) is 13.6 Å². The van der Waals surface area contributed by atoms with Gasteiger partial charge in [-0.1, -0.05) is 12.1 Å². The van der Waals surface area contributed by atoms with E-state index in [0.29, 0.717) is 6.54 Å². The second-order valence-electron chi connectivity index (χ2n) is 2.40. The van der Waals surface area contributed by atoms with Gasteiger partial charge in [0.1, 0.15) is 0 Å². The number of halogens is 2. The van der Waals surface area contributed by atoms with E-state index in [1.807, 2.05) is 0 Å². The van der Waals surface area contributed by atoms with Gasteiger partial charge < -0.3 is 5.73 Å². The van der Waals surface area contributed by atoms with Crippen molar-refractivity contribution in [2.75, 3.05) is 0 Å². The SMILES string of the molecule is Cl.Cl.NCc1cccc(S(N)(=O)=O)c1. The summed E-state index contributed by atoms with van der Waals surface area (Å²) in [6, 6.07) is 6.26. The van der Waals surface area contributed by atoms with Crippen molar-refractivity contribution < 1.29 is 8.42 Å². The van der Waals surface area contributed by atoms with Crippen LogP contribution in [0.15, 0.2) is 29.2 Å². The second kappa shape index (κ2) is 6.21. The lowest BCUT2D eigenvalue weighted by Crippen LogP contribution is -2.12. The molecule has 82 valence electrons. The zero-order chi connectivity index (χ0) is 9.19. The number of nitrogens with two attached hydrogens (primary N) is 2. The van der Waals surface area contributed by atoms with E-state index in [1.54, 1.807) is 12.1 Å². The van der Waals surface area contributed by atoms with Crippen molar-refractivity contribution in [1.29, 1.82) is 0 Å². The molecule has 4 N–H and O–H groups in total. The molecule has 0 saturated carbocycles. The predicted molar refractivity (Wildman–Crippen MR) is 60.2 cm³/mol. The van der Waals surface area contributed by atoms with Gasteiger partial charge in [0.2, 0.25) is 10.0 Å². The van der Waals surface area contributed by atoms with Crippen LogP contribution in [0.25, 0.3) is 0 Å². The maximum atomic E-state index is 10.8. The Morgan fingerprint density at radius 1 is 1.21 bits per heavy atom. The molecule has 0 aliphatic rings. The number of benzene rings is 1. The first kappa shape index (κ1) is 16.1. The Morgan fingerprint density at radius 3 is 2.21 bits per heavy atom. The van der Waals surface area contributed by atoms with Crippen LogP contribution in [0.4, 0.5) is 0 Å². The van der Waals surface area contributed by atoms with Crippen LogP contribution in [-0.2, 0) is 16.6 Å². The minimum atomic E-state index is -3.59. The molecule has 0 aromatic heterocycles. The summed E-state index contributed by atoms with van der Waals surface area (Å²) in [4.78, 5) is 0.102. The topological polar surface area (TPSA) is 86.2 Å². The van der Waals surface area contributed by atoms with Crippen molar-refractivity contribution in [1.82, 2.24) is 0 Å². The predicted octanol–water partition coefficient (Wildman–Crippen LogP) is 0.636. The average Bonchev–Trinajstić information content (AvgIpc) is 2.03. The second-order valence-corrected chi connectivity index (χ2v) is 3.96. The third kappa shape index (κ3) is 4.26. The van der Waals surface area contributed by atoms with Gasteiger partial charge in [0.15, 0.2) is 0 Å². The summed E-state index contributed by atoms with van der Waals surface area (Å²) in [7, 11) is -3.59. The maximum absolute atomic E-state index is 10.8. The van der Waals surface area contributed by atoms with E-state index in [9.17, 15) is 8.42 Å². The molecule has 0 radical (unpaired) electrons. The fourth-order valence-corrected chi connectivity index (χ4v) is 1.43. The van der Waals surface area contributed by atoms with Crippen LogP contribution >= 0.6 is 24.8 Å². The summed E-state index contributed by atoms with van der Waals surface area (Å²) in [5, 5.41) is 4.91. The number of hydrogen-bond acceptors (Lipinski definition) is 3. The molecule has 0 fully saturated rings. The molecule has 1 aromatic rings. The Morgan fingerprint density at radius 2 is 1.79 bits per heavy atom. The van der Waals surface area contributed by atoms with Crippen molar-refractivity contribution in [2.24, 2.45) is 10.9 Å². The Balaban J connectivity index is 0. The minimum absolute atomic E-state index is 0. The van der Waals surface area contributed by atoms with Gasteiger partial charge in [-0.3, -0.25) is 0 Å². The monoisotopic (exact) mass is 258 g/mol.